The maximum Gasteiger partial charge on any atom is 0.408 e. The molecule has 0 aliphatic heterocycles. The van der Waals surface area contributed by atoms with Crippen molar-refractivity contribution >= 4 is 29.7 Å². The van der Waals surface area contributed by atoms with Crippen molar-refractivity contribution in [3.63, 3.8) is 0 Å². The van der Waals surface area contributed by atoms with Gasteiger partial charge in [-0.3, -0.25) is 4.79 Å². The Labute approximate surface area is 282 Å². The third-order valence-electron chi connectivity index (χ3n) is 7.30. The highest BCUT2D eigenvalue weighted by molar-refractivity contribution is 7.99. The van der Waals surface area contributed by atoms with Crippen molar-refractivity contribution in [2.75, 3.05) is 5.75 Å². The van der Waals surface area contributed by atoms with Crippen LogP contribution in [0.15, 0.2) is 121 Å². The lowest BCUT2D eigenvalue weighted by Gasteiger charge is -2.28. The summed E-state index contributed by atoms with van der Waals surface area (Å²) in [5.74, 6) is -1.15. The van der Waals surface area contributed by atoms with Crippen LogP contribution in [-0.2, 0) is 19.1 Å². The number of nitrogens with one attached hydrogen (secondary N) is 2. The first kappa shape index (κ1) is 35.3. The summed E-state index contributed by atoms with van der Waals surface area (Å²) in [5, 5.41) is 5.56. The monoisotopic (exact) mass is 652 g/mol. The molecule has 0 aromatic heterocycles. The second-order valence-corrected chi connectivity index (χ2v) is 13.7. The maximum atomic E-state index is 14.0. The van der Waals surface area contributed by atoms with Gasteiger partial charge in [-0.05, 0) is 48.9 Å². The van der Waals surface area contributed by atoms with E-state index in [1.165, 1.54) is 11.8 Å². The highest BCUT2D eigenvalue weighted by Gasteiger charge is 2.33. The number of carbonyl (C=O) groups excluding carboxylic acids is 3. The van der Waals surface area contributed by atoms with Crippen LogP contribution in [0.5, 0.6) is 0 Å². The summed E-state index contributed by atoms with van der Waals surface area (Å²) in [5.41, 5.74) is 3.00. The molecular formula is C39H44N2O5S. The molecule has 0 unspecified atom stereocenters. The fourth-order valence-corrected chi connectivity index (χ4v) is 6.31. The SMILES string of the molecule is CC(C)[C@@H](NC(=O)[C@H](CSC(c1ccccc1)c1ccccc1)NC(=O)OC(C)(C)C)C(=O)OC(c1ccccc1)c1ccccc1. The first-order valence-corrected chi connectivity index (χ1v) is 16.9. The molecule has 0 spiro atoms. The predicted octanol–water partition coefficient (Wildman–Crippen LogP) is 7.88. The minimum absolute atomic E-state index is 0.100. The third kappa shape index (κ3) is 10.7. The lowest BCUT2D eigenvalue weighted by atomic mass is 10.0. The van der Waals surface area contributed by atoms with Gasteiger partial charge >= 0.3 is 12.1 Å². The van der Waals surface area contributed by atoms with Crippen LogP contribution in [0.1, 0.15) is 68.2 Å². The fraction of sp³-hybridized carbons (Fsp3) is 0.308. The van der Waals surface area contributed by atoms with Gasteiger partial charge in [-0.25, -0.2) is 9.59 Å². The van der Waals surface area contributed by atoms with Gasteiger partial charge in [0.2, 0.25) is 5.91 Å². The van der Waals surface area contributed by atoms with Crippen LogP contribution >= 0.6 is 11.8 Å². The first-order valence-electron chi connectivity index (χ1n) is 15.8. The van der Waals surface area contributed by atoms with E-state index in [4.69, 9.17) is 9.47 Å². The summed E-state index contributed by atoms with van der Waals surface area (Å²) in [6.45, 7) is 8.98. The Bertz CT molecular complexity index is 1480. The Morgan fingerprint density at radius 3 is 1.49 bits per heavy atom. The summed E-state index contributed by atoms with van der Waals surface area (Å²) in [7, 11) is 0. The van der Waals surface area contributed by atoms with Crippen LogP contribution in [0.3, 0.4) is 0 Å². The largest absolute Gasteiger partial charge is 0.451 e. The van der Waals surface area contributed by atoms with Crippen LogP contribution in [0.2, 0.25) is 0 Å². The van der Waals surface area contributed by atoms with Crippen LogP contribution in [0.4, 0.5) is 4.79 Å². The zero-order chi connectivity index (χ0) is 33.8. The van der Waals surface area contributed by atoms with E-state index in [2.05, 4.69) is 10.6 Å². The predicted molar refractivity (Wildman–Crippen MR) is 188 cm³/mol. The van der Waals surface area contributed by atoms with Gasteiger partial charge in [0.15, 0.2) is 6.10 Å². The Balaban J connectivity index is 1.57. The van der Waals surface area contributed by atoms with Crippen molar-refractivity contribution in [1.29, 1.82) is 0 Å². The molecule has 246 valence electrons. The fourth-order valence-electron chi connectivity index (χ4n) is 4.99. The number of thioether (sulfide) groups is 1. The molecule has 47 heavy (non-hydrogen) atoms. The van der Waals surface area contributed by atoms with Gasteiger partial charge in [0.05, 0.1) is 5.25 Å². The van der Waals surface area contributed by atoms with Crippen molar-refractivity contribution in [1.82, 2.24) is 10.6 Å². The number of alkyl carbamates (subject to hydrolysis) is 1. The quantitative estimate of drug-likeness (QED) is 0.143. The van der Waals surface area contributed by atoms with Gasteiger partial charge in [-0.2, -0.15) is 0 Å². The highest BCUT2D eigenvalue weighted by Crippen LogP contribution is 2.36. The Hall–Kier alpha value is -4.56. The highest BCUT2D eigenvalue weighted by atomic mass is 32.2. The second kappa shape index (κ2) is 16.8. The molecule has 4 aromatic carbocycles. The van der Waals surface area contributed by atoms with Crippen molar-refractivity contribution in [3.05, 3.63) is 144 Å². The molecule has 4 aromatic rings. The maximum absolute atomic E-state index is 14.0. The van der Waals surface area contributed by atoms with Gasteiger partial charge in [0.1, 0.15) is 17.7 Å². The molecule has 2 N–H and O–H groups in total. The molecule has 0 aliphatic carbocycles. The number of benzene rings is 4. The summed E-state index contributed by atoms with van der Waals surface area (Å²) >= 11 is 1.53. The van der Waals surface area contributed by atoms with Crippen molar-refractivity contribution in [3.8, 4) is 0 Å². The summed E-state index contributed by atoms with van der Waals surface area (Å²) in [6.07, 6.45) is -1.38. The molecule has 0 radical (unpaired) electrons. The van der Waals surface area contributed by atoms with E-state index in [0.29, 0.717) is 0 Å². The Morgan fingerprint density at radius 1 is 0.660 bits per heavy atom. The summed E-state index contributed by atoms with van der Waals surface area (Å²) in [6, 6.07) is 37.0. The van der Waals surface area contributed by atoms with Gasteiger partial charge in [-0.1, -0.05) is 135 Å². The topological polar surface area (TPSA) is 93.7 Å². The van der Waals surface area contributed by atoms with E-state index in [0.717, 1.165) is 22.3 Å². The van der Waals surface area contributed by atoms with Gasteiger partial charge in [0, 0.05) is 5.75 Å². The molecule has 4 rings (SSSR count). The molecule has 7 nitrogen and oxygen atoms in total. The van der Waals surface area contributed by atoms with Crippen LogP contribution in [0.25, 0.3) is 0 Å². The zero-order valence-corrected chi connectivity index (χ0v) is 28.4. The van der Waals surface area contributed by atoms with E-state index in [1.54, 1.807) is 20.8 Å². The summed E-state index contributed by atoms with van der Waals surface area (Å²) in [4.78, 5) is 40.7. The number of ether oxygens (including phenoxy) is 2. The second-order valence-electron chi connectivity index (χ2n) is 12.6. The molecule has 0 fully saturated rings. The molecule has 0 aliphatic rings. The Kier molecular flexibility index (Phi) is 12.6. The molecule has 2 amide bonds. The van der Waals surface area contributed by atoms with E-state index < -0.39 is 41.8 Å². The van der Waals surface area contributed by atoms with Crippen LogP contribution in [0, 0.1) is 5.92 Å². The van der Waals surface area contributed by atoms with Crippen LogP contribution in [-0.4, -0.2) is 41.4 Å². The van der Waals surface area contributed by atoms with E-state index in [9.17, 15) is 14.4 Å². The van der Waals surface area contributed by atoms with Gasteiger partial charge in [-0.15, -0.1) is 11.8 Å². The number of esters is 1. The summed E-state index contributed by atoms with van der Waals surface area (Å²) < 4.78 is 11.6. The first-order chi connectivity index (χ1) is 22.5. The van der Waals surface area contributed by atoms with Crippen molar-refractivity contribution in [2.45, 2.75) is 63.7 Å². The Morgan fingerprint density at radius 2 is 1.09 bits per heavy atom. The van der Waals surface area contributed by atoms with Gasteiger partial charge in [0.25, 0.3) is 0 Å². The van der Waals surface area contributed by atoms with Crippen LogP contribution < -0.4 is 10.6 Å². The lowest BCUT2D eigenvalue weighted by Crippen LogP contribution is -2.55. The van der Waals surface area contributed by atoms with E-state index >= 15 is 0 Å². The van der Waals surface area contributed by atoms with E-state index in [-0.39, 0.29) is 16.9 Å². The number of amides is 2. The molecule has 0 saturated heterocycles. The van der Waals surface area contributed by atoms with Gasteiger partial charge < -0.3 is 20.1 Å². The molecule has 2 atom stereocenters. The normalized spacial score (nSPS) is 12.8. The number of hydrogen-bond acceptors (Lipinski definition) is 6. The van der Waals surface area contributed by atoms with E-state index in [1.807, 2.05) is 135 Å². The number of carbonyl (C=O) groups is 3. The van der Waals surface area contributed by atoms with Crippen molar-refractivity contribution in [2.24, 2.45) is 5.92 Å². The standard InChI is InChI=1S/C39H44N2O5S/c1-27(2)33(37(43)45-34(28-18-10-6-11-19-28)29-20-12-7-13-21-29)41-36(42)32(40-38(44)46-39(3,4)5)26-47-35(30-22-14-8-15-23-30)31-24-16-9-17-25-31/h6-25,27,32-35H,26H2,1-5H3,(H,40,44)(H,41,42)/t32-,33+/m0/s1. The third-order valence-corrected chi connectivity index (χ3v) is 8.70. The zero-order valence-electron chi connectivity index (χ0n) is 27.6. The average molecular weight is 653 g/mol. The van der Waals surface area contributed by atoms with Crippen molar-refractivity contribution < 1.29 is 23.9 Å². The smallest absolute Gasteiger partial charge is 0.408 e. The lowest BCUT2D eigenvalue weighted by molar-refractivity contribution is -0.153. The molecule has 0 heterocycles. The average Bonchev–Trinajstić information content (AvgIpc) is 3.06. The molecular weight excluding hydrogens is 609 g/mol. The molecule has 0 bridgehead atoms. The number of rotatable bonds is 13. The minimum Gasteiger partial charge on any atom is -0.451 e. The molecule has 8 heteroatoms. The number of hydrogen-bond donors (Lipinski definition) is 2. The minimum atomic E-state index is -1.00. The molecule has 0 saturated carbocycles.